The zero-order valence-electron chi connectivity index (χ0n) is 18.9. The van der Waals surface area contributed by atoms with Gasteiger partial charge in [0.1, 0.15) is 12.4 Å². The van der Waals surface area contributed by atoms with Crippen molar-refractivity contribution in [3.05, 3.63) is 51.9 Å². The third kappa shape index (κ3) is 6.97. The van der Waals surface area contributed by atoms with Crippen LogP contribution in [0.5, 0.6) is 0 Å². The molecule has 0 amide bonds. The van der Waals surface area contributed by atoms with Crippen molar-refractivity contribution in [3.63, 3.8) is 0 Å². The highest BCUT2D eigenvalue weighted by atomic mass is 35.5. The topological polar surface area (TPSA) is 73.8 Å². The number of hydrogen-bond donors (Lipinski definition) is 2. The van der Waals surface area contributed by atoms with E-state index in [2.05, 4.69) is 23.9 Å². The Kier molecular flexibility index (Phi) is 9.66. The Bertz CT molecular complexity index is 918. The summed E-state index contributed by atoms with van der Waals surface area (Å²) >= 11 is 7.83. The molecule has 0 spiro atoms. The number of aliphatic hydroxyl groups excluding tert-OH is 1. The van der Waals surface area contributed by atoms with Crippen molar-refractivity contribution in [2.45, 2.75) is 39.3 Å². The van der Waals surface area contributed by atoms with Gasteiger partial charge in [-0.1, -0.05) is 32.0 Å². The first-order valence-electron chi connectivity index (χ1n) is 11.1. The number of anilines is 1. The summed E-state index contributed by atoms with van der Waals surface area (Å²) in [6.07, 6.45) is 0.752. The van der Waals surface area contributed by atoms with E-state index in [9.17, 15) is 8.78 Å². The van der Waals surface area contributed by atoms with Crippen LogP contribution in [0.3, 0.4) is 0 Å². The van der Waals surface area contributed by atoms with E-state index in [1.807, 2.05) is 13.8 Å². The van der Waals surface area contributed by atoms with Crippen LogP contribution in [-0.4, -0.2) is 63.1 Å². The molecular weight excluding hydrogens is 472 g/mol. The number of ether oxygens (including phenoxy) is 1. The average Bonchev–Trinajstić information content (AvgIpc) is 2.85. The standard InChI is InChI=1S/C20H24ClF2N5O2S.C2H6/c21-19-25-17-4-5-28(31-27-6-8-30-9-7-27)12-16(17)18(26-19)24-11-14-2-1-3-15(10-14)20(22,23)13-29;1-2/h1-3,10,29H,4-9,11-13H2,(H,24,25,26);1-2H3. The summed E-state index contributed by atoms with van der Waals surface area (Å²) in [7, 11) is 0. The number of morpholine rings is 1. The summed E-state index contributed by atoms with van der Waals surface area (Å²) < 4.78 is 37.6. The molecule has 0 saturated carbocycles. The SMILES string of the molecule is CC.OCC(F)(F)c1cccc(CNc2nc(Cl)nc3c2CN(SN2CCOCC2)CC3)c1. The summed E-state index contributed by atoms with van der Waals surface area (Å²) in [6.45, 7) is 7.80. The Morgan fingerprint density at radius 2 is 1.94 bits per heavy atom. The van der Waals surface area contributed by atoms with E-state index in [0.29, 0.717) is 24.5 Å². The molecule has 2 N–H and O–H groups in total. The van der Waals surface area contributed by atoms with Gasteiger partial charge in [0, 0.05) is 62.4 Å². The van der Waals surface area contributed by atoms with Gasteiger partial charge in [0.25, 0.3) is 5.92 Å². The van der Waals surface area contributed by atoms with Crippen LogP contribution in [0.4, 0.5) is 14.6 Å². The van der Waals surface area contributed by atoms with Crippen LogP contribution in [-0.2, 0) is 30.2 Å². The van der Waals surface area contributed by atoms with Crippen molar-refractivity contribution in [2.75, 3.05) is 44.8 Å². The van der Waals surface area contributed by atoms with E-state index >= 15 is 0 Å². The van der Waals surface area contributed by atoms with Crippen molar-refractivity contribution < 1.29 is 18.6 Å². The van der Waals surface area contributed by atoms with Crippen molar-refractivity contribution >= 4 is 29.6 Å². The van der Waals surface area contributed by atoms with Gasteiger partial charge in [-0.15, -0.1) is 0 Å². The predicted octanol–water partition coefficient (Wildman–Crippen LogP) is 4.11. The summed E-state index contributed by atoms with van der Waals surface area (Å²) in [5, 5.41) is 12.3. The first-order chi connectivity index (χ1) is 15.9. The van der Waals surface area contributed by atoms with E-state index in [1.54, 1.807) is 24.3 Å². The van der Waals surface area contributed by atoms with Crippen molar-refractivity contribution in [1.82, 2.24) is 18.6 Å². The molecule has 0 radical (unpaired) electrons. The maximum atomic E-state index is 13.8. The molecule has 1 saturated heterocycles. The Balaban J connectivity index is 0.00000149. The lowest BCUT2D eigenvalue weighted by Gasteiger charge is -2.34. The number of nitrogens with zero attached hydrogens (tertiary/aromatic N) is 4. The van der Waals surface area contributed by atoms with E-state index in [4.69, 9.17) is 21.4 Å². The van der Waals surface area contributed by atoms with Gasteiger partial charge in [-0.25, -0.2) is 18.6 Å². The Morgan fingerprint density at radius 1 is 1.18 bits per heavy atom. The molecular formula is C22H30ClF2N5O2S. The predicted molar refractivity (Wildman–Crippen MR) is 127 cm³/mol. The second-order valence-electron chi connectivity index (χ2n) is 7.42. The van der Waals surface area contributed by atoms with Gasteiger partial charge >= 0.3 is 0 Å². The van der Waals surface area contributed by atoms with Crippen LogP contribution >= 0.6 is 23.7 Å². The molecule has 0 unspecified atom stereocenters. The largest absolute Gasteiger partial charge is 0.390 e. The molecule has 7 nitrogen and oxygen atoms in total. The zero-order valence-corrected chi connectivity index (χ0v) is 20.4. The number of halogens is 3. The molecule has 33 heavy (non-hydrogen) atoms. The number of aliphatic hydroxyl groups is 1. The third-order valence-electron chi connectivity index (χ3n) is 5.21. The molecule has 1 aromatic carbocycles. The van der Waals surface area contributed by atoms with E-state index in [0.717, 1.165) is 50.5 Å². The number of alkyl halides is 2. The average molecular weight is 502 g/mol. The lowest BCUT2D eigenvalue weighted by atomic mass is 10.1. The second kappa shape index (κ2) is 12.2. The lowest BCUT2D eigenvalue weighted by Crippen LogP contribution is -2.36. The van der Waals surface area contributed by atoms with Gasteiger partial charge < -0.3 is 15.2 Å². The lowest BCUT2D eigenvalue weighted by molar-refractivity contribution is -0.0556. The monoisotopic (exact) mass is 501 g/mol. The minimum Gasteiger partial charge on any atom is -0.390 e. The highest BCUT2D eigenvalue weighted by Crippen LogP contribution is 2.31. The van der Waals surface area contributed by atoms with Gasteiger partial charge in [0.2, 0.25) is 5.28 Å². The third-order valence-corrected chi connectivity index (χ3v) is 6.51. The summed E-state index contributed by atoms with van der Waals surface area (Å²) in [5.74, 6) is -2.66. The molecule has 4 rings (SSSR count). The minimum absolute atomic E-state index is 0.163. The van der Waals surface area contributed by atoms with Gasteiger partial charge in [-0.05, 0) is 23.2 Å². The van der Waals surface area contributed by atoms with Crippen molar-refractivity contribution in [3.8, 4) is 0 Å². The molecule has 2 aliphatic heterocycles. The van der Waals surface area contributed by atoms with Crippen LogP contribution in [0.1, 0.15) is 36.2 Å². The van der Waals surface area contributed by atoms with Crippen molar-refractivity contribution in [1.29, 1.82) is 0 Å². The highest BCUT2D eigenvalue weighted by Gasteiger charge is 2.30. The smallest absolute Gasteiger partial charge is 0.295 e. The van der Waals surface area contributed by atoms with Crippen LogP contribution in [0.2, 0.25) is 5.28 Å². The normalized spacial score (nSPS) is 17.2. The van der Waals surface area contributed by atoms with Crippen LogP contribution < -0.4 is 5.32 Å². The molecule has 0 atom stereocenters. The van der Waals surface area contributed by atoms with Gasteiger partial charge in [-0.2, -0.15) is 8.78 Å². The fourth-order valence-corrected chi connectivity index (χ4v) is 4.74. The summed E-state index contributed by atoms with van der Waals surface area (Å²) in [4.78, 5) is 8.74. The maximum Gasteiger partial charge on any atom is 0.295 e. The number of benzene rings is 1. The van der Waals surface area contributed by atoms with Crippen molar-refractivity contribution in [2.24, 2.45) is 0 Å². The fourth-order valence-electron chi connectivity index (χ4n) is 3.55. The Morgan fingerprint density at radius 3 is 2.67 bits per heavy atom. The first-order valence-corrected chi connectivity index (χ1v) is 12.2. The van der Waals surface area contributed by atoms with E-state index in [1.165, 1.54) is 12.1 Å². The summed E-state index contributed by atoms with van der Waals surface area (Å²) in [6, 6.07) is 6.00. The molecule has 3 heterocycles. The Labute approximate surface area is 202 Å². The van der Waals surface area contributed by atoms with Crippen LogP contribution in [0.25, 0.3) is 0 Å². The number of rotatable bonds is 7. The molecule has 2 aromatic rings. The molecule has 0 aliphatic carbocycles. The Hall–Kier alpha value is -1.56. The fraction of sp³-hybridized carbons (Fsp3) is 0.545. The molecule has 11 heteroatoms. The number of fused-ring (bicyclic) bond motifs is 1. The number of aromatic nitrogens is 2. The highest BCUT2D eigenvalue weighted by molar-refractivity contribution is 7.94. The molecule has 1 aromatic heterocycles. The maximum absolute atomic E-state index is 13.8. The van der Waals surface area contributed by atoms with E-state index < -0.39 is 12.5 Å². The molecule has 2 aliphatic rings. The molecule has 0 bridgehead atoms. The van der Waals surface area contributed by atoms with Crippen LogP contribution in [0.15, 0.2) is 24.3 Å². The van der Waals surface area contributed by atoms with E-state index in [-0.39, 0.29) is 10.8 Å². The van der Waals surface area contributed by atoms with Gasteiger partial charge in [0.05, 0.1) is 18.9 Å². The minimum atomic E-state index is -3.27. The van der Waals surface area contributed by atoms with Crippen LogP contribution in [0, 0.1) is 0 Å². The zero-order chi connectivity index (χ0) is 23.8. The number of hydrogen-bond acceptors (Lipinski definition) is 8. The van der Waals surface area contributed by atoms with Gasteiger partial charge in [0.15, 0.2) is 0 Å². The summed E-state index contributed by atoms with van der Waals surface area (Å²) in [5.41, 5.74) is 2.31. The quantitative estimate of drug-likeness (QED) is 0.434. The first kappa shape index (κ1) is 26.1. The number of nitrogens with one attached hydrogen (secondary N) is 1. The molecule has 182 valence electrons. The molecule has 1 fully saturated rings. The second-order valence-corrected chi connectivity index (χ2v) is 8.95. The van der Waals surface area contributed by atoms with Gasteiger partial charge in [-0.3, -0.25) is 0 Å².